The van der Waals surface area contributed by atoms with Gasteiger partial charge in [-0.2, -0.15) is 5.10 Å². The summed E-state index contributed by atoms with van der Waals surface area (Å²) in [5, 5.41) is 11.4. The number of aromatic nitrogens is 2. The fourth-order valence-corrected chi connectivity index (χ4v) is 3.88. The second-order valence-electron chi connectivity index (χ2n) is 9.77. The summed E-state index contributed by atoms with van der Waals surface area (Å²) in [5.74, 6) is -1.27. The number of unbranched alkanes of at least 4 members (excludes halogenated alkanes) is 1. The monoisotopic (exact) mass is 490 g/mol. The maximum atomic E-state index is 13.0. The fourth-order valence-electron chi connectivity index (χ4n) is 3.88. The van der Waals surface area contributed by atoms with Gasteiger partial charge in [0.1, 0.15) is 18.0 Å². The summed E-state index contributed by atoms with van der Waals surface area (Å²) in [7, 11) is 0. The van der Waals surface area contributed by atoms with Gasteiger partial charge >= 0.3 is 6.09 Å². The maximum Gasteiger partial charge on any atom is 0.408 e. The molecule has 2 amide bonds. The molecule has 3 N–H and O–H groups in total. The number of rotatable bonds is 10. The standard InChI is InChI=1S/C28H34N4O4/c1-5-6-15-22(24(33)26(34)31-23-16-17-29-32-23)30-27(35)36-25(28(2,3)4)21-14-10-13-20(18-21)19-11-8-7-9-12-19/h7-14,16-18,22,25H,5-6,15H2,1-4H3,(H,30,35)(H2,29,31,32,34)/t22-,25+/m0/s1. The van der Waals surface area contributed by atoms with Crippen molar-refractivity contribution in [1.29, 1.82) is 0 Å². The van der Waals surface area contributed by atoms with E-state index in [9.17, 15) is 14.4 Å². The molecule has 0 saturated carbocycles. The molecule has 1 aromatic heterocycles. The number of nitrogens with zero attached hydrogens (tertiary/aromatic N) is 1. The molecule has 190 valence electrons. The molecule has 0 fully saturated rings. The minimum atomic E-state index is -1.00. The average Bonchev–Trinajstić information content (AvgIpc) is 3.37. The highest BCUT2D eigenvalue weighted by Gasteiger charge is 2.33. The molecule has 2 atom stereocenters. The van der Waals surface area contributed by atoms with Crippen LogP contribution in [-0.4, -0.2) is 34.0 Å². The first-order valence-electron chi connectivity index (χ1n) is 12.2. The van der Waals surface area contributed by atoms with E-state index in [1.165, 1.54) is 12.3 Å². The highest BCUT2D eigenvalue weighted by molar-refractivity contribution is 6.42. The van der Waals surface area contributed by atoms with Gasteiger partial charge in [-0.25, -0.2) is 4.79 Å². The lowest BCUT2D eigenvalue weighted by atomic mass is 9.84. The van der Waals surface area contributed by atoms with Crippen LogP contribution in [0.5, 0.6) is 0 Å². The van der Waals surface area contributed by atoms with Crippen molar-refractivity contribution in [1.82, 2.24) is 15.5 Å². The summed E-state index contributed by atoms with van der Waals surface area (Å²) in [6.45, 7) is 7.92. The number of carbonyl (C=O) groups excluding carboxylic acids is 3. The van der Waals surface area contributed by atoms with Gasteiger partial charge in [0.25, 0.3) is 5.91 Å². The maximum absolute atomic E-state index is 13.0. The zero-order chi connectivity index (χ0) is 26.1. The van der Waals surface area contributed by atoms with Gasteiger partial charge in [-0.1, -0.05) is 89.1 Å². The first kappa shape index (κ1) is 26.7. The molecule has 0 aliphatic rings. The molecule has 8 nitrogen and oxygen atoms in total. The lowest BCUT2D eigenvalue weighted by Crippen LogP contribution is -2.46. The molecular weight excluding hydrogens is 456 g/mol. The predicted octanol–water partition coefficient (Wildman–Crippen LogP) is 5.66. The smallest absolute Gasteiger partial charge is 0.408 e. The Bertz CT molecular complexity index is 1150. The number of amides is 2. The Morgan fingerprint density at radius 1 is 1.00 bits per heavy atom. The van der Waals surface area contributed by atoms with Crippen LogP contribution in [-0.2, 0) is 14.3 Å². The van der Waals surface area contributed by atoms with Crippen LogP contribution in [0.25, 0.3) is 11.1 Å². The molecule has 0 spiro atoms. The predicted molar refractivity (Wildman–Crippen MR) is 139 cm³/mol. The molecule has 3 aromatic rings. The first-order valence-corrected chi connectivity index (χ1v) is 12.2. The van der Waals surface area contributed by atoms with Gasteiger partial charge < -0.3 is 15.4 Å². The van der Waals surface area contributed by atoms with Gasteiger partial charge in [0.2, 0.25) is 5.78 Å². The van der Waals surface area contributed by atoms with Crippen LogP contribution in [0.3, 0.4) is 0 Å². The largest absolute Gasteiger partial charge is 0.441 e. The summed E-state index contributed by atoms with van der Waals surface area (Å²) >= 11 is 0. The minimum Gasteiger partial charge on any atom is -0.441 e. The summed E-state index contributed by atoms with van der Waals surface area (Å²) in [5.41, 5.74) is 2.49. The molecule has 36 heavy (non-hydrogen) atoms. The number of H-pyrrole nitrogens is 1. The molecule has 0 aliphatic heterocycles. The molecule has 0 aliphatic carbocycles. The Labute approximate surface area is 211 Å². The second kappa shape index (κ2) is 12.2. The van der Waals surface area contributed by atoms with Crippen molar-refractivity contribution in [3.8, 4) is 11.1 Å². The average molecular weight is 491 g/mol. The lowest BCUT2D eigenvalue weighted by molar-refractivity contribution is -0.136. The fraction of sp³-hybridized carbons (Fsp3) is 0.357. The molecule has 0 bridgehead atoms. The number of ketones is 1. The molecule has 3 rings (SSSR count). The van der Waals surface area contributed by atoms with Crippen molar-refractivity contribution >= 4 is 23.6 Å². The molecule has 0 unspecified atom stereocenters. The third-order valence-electron chi connectivity index (χ3n) is 5.74. The van der Waals surface area contributed by atoms with Crippen LogP contribution in [0.15, 0.2) is 66.9 Å². The van der Waals surface area contributed by atoms with Crippen molar-refractivity contribution in [3.63, 3.8) is 0 Å². The van der Waals surface area contributed by atoms with Gasteiger partial charge in [-0.05, 0) is 29.2 Å². The van der Waals surface area contributed by atoms with Crippen molar-refractivity contribution < 1.29 is 19.1 Å². The van der Waals surface area contributed by atoms with E-state index >= 15 is 0 Å². The summed E-state index contributed by atoms with van der Waals surface area (Å²) < 4.78 is 5.89. The van der Waals surface area contributed by atoms with Crippen LogP contribution in [0.2, 0.25) is 0 Å². The first-order chi connectivity index (χ1) is 17.2. The van der Waals surface area contributed by atoms with Crippen LogP contribution < -0.4 is 10.6 Å². The van der Waals surface area contributed by atoms with Gasteiger partial charge in [0.05, 0.1) is 6.20 Å². The van der Waals surface area contributed by atoms with E-state index in [1.807, 2.05) is 82.3 Å². The van der Waals surface area contributed by atoms with E-state index in [0.717, 1.165) is 23.1 Å². The van der Waals surface area contributed by atoms with E-state index in [-0.39, 0.29) is 0 Å². The zero-order valence-electron chi connectivity index (χ0n) is 21.2. The molecule has 0 saturated heterocycles. The van der Waals surface area contributed by atoms with Gasteiger partial charge in [-0.15, -0.1) is 0 Å². The topological polar surface area (TPSA) is 113 Å². The number of benzene rings is 2. The third-order valence-corrected chi connectivity index (χ3v) is 5.74. The number of anilines is 1. The Morgan fingerprint density at radius 3 is 2.36 bits per heavy atom. The normalized spacial score (nSPS) is 12.9. The van der Waals surface area contributed by atoms with E-state index in [1.54, 1.807) is 0 Å². The molecule has 1 heterocycles. The van der Waals surface area contributed by atoms with E-state index < -0.39 is 35.3 Å². The van der Waals surface area contributed by atoms with Crippen LogP contribution in [0, 0.1) is 5.41 Å². The Hall–Kier alpha value is -3.94. The van der Waals surface area contributed by atoms with Gasteiger partial charge in [0, 0.05) is 11.5 Å². The second-order valence-corrected chi connectivity index (χ2v) is 9.77. The van der Waals surface area contributed by atoms with E-state index in [2.05, 4.69) is 20.8 Å². The number of nitrogens with one attached hydrogen (secondary N) is 3. The highest BCUT2D eigenvalue weighted by atomic mass is 16.6. The molecule has 8 heteroatoms. The van der Waals surface area contributed by atoms with E-state index in [0.29, 0.717) is 18.7 Å². The third kappa shape index (κ3) is 7.28. The Kier molecular flexibility index (Phi) is 9.00. The van der Waals surface area contributed by atoms with Crippen LogP contribution in [0.1, 0.15) is 58.6 Å². The minimum absolute atomic E-state index is 0.302. The SMILES string of the molecule is CCCC[C@H](NC(=O)O[C@H](c1cccc(-c2ccccc2)c1)C(C)(C)C)C(=O)C(=O)Nc1ccn[nH]1. The van der Waals surface area contributed by atoms with E-state index in [4.69, 9.17) is 4.74 Å². The number of aromatic amines is 1. The zero-order valence-corrected chi connectivity index (χ0v) is 21.2. The van der Waals surface area contributed by atoms with Gasteiger partial charge in [0.15, 0.2) is 0 Å². The lowest BCUT2D eigenvalue weighted by Gasteiger charge is -2.31. The Balaban J connectivity index is 1.76. The molecule has 0 radical (unpaired) electrons. The number of hydrogen-bond acceptors (Lipinski definition) is 5. The highest BCUT2D eigenvalue weighted by Crippen LogP contribution is 2.37. The number of Topliss-reactive ketones (excluding diaryl/α,β-unsaturated/α-hetero) is 1. The molecular formula is C28H34N4O4. The molecule has 2 aromatic carbocycles. The summed E-state index contributed by atoms with van der Waals surface area (Å²) in [6.07, 6.45) is 1.93. The number of alkyl carbamates (subject to hydrolysis) is 1. The van der Waals surface area contributed by atoms with Crippen molar-refractivity contribution in [2.45, 2.75) is 59.1 Å². The summed E-state index contributed by atoms with van der Waals surface area (Å²) in [4.78, 5) is 38.3. The number of ether oxygens (including phenoxy) is 1. The van der Waals surface area contributed by atoms with Crippen molar-refractivity contribution in [3.05, 3.63) is 72.4 Å². The van der Waals surface area contributed by atoms with Crippen LogP contribution >= 0.6 is 0 Å². The number of hydrogen-bond donors (Lipinski definition) is 3. The van der Waals surface area contributed by atoms with Crippen molar-refractivity contribution in [2.75, 3.05) is 5.32 Å². The van der Waals surface area contributed by atoms with Gasteiger partial charge in [-0.3, -0.25) is 14.7 Å². The number of carbonyl (C=O) groups is 3. The van der Waals surface area contributed by atoms with Crippen molar-refractivity contribution in [2.24, 2.45) is 5.41 Å². The quantitative estimate of drug-likeness (QED) is 0.318. The Morgan fingerprint density at radius 2 is 1.72 bits per heavy atom. The van der Waals surface area contributed by atoms with Crippen LogP contribution in [0.4, 0.5) is 10.6 Å². The summed E-state index contributed by atoms with van der Waals surface area (Å²) in [6, 6.07) is 18.4.